The molecule has 0 saturated carbocycles. The minimum absolute atomic E-state index is 0.717. The quantitative estimate of drug-likeness (QED) is 0.746. The Labute approximate surface area is 112 Å². The van der Waals surface area contributed by atoms with Crippen molar-refractivity contribution in [3.8, 4) is 6.07 Å². The van der Waals surface area contributed by atoms with E-state index in [1.165, 1.54) is 18.5 Å². The van der Waals surface area contributed by atoms with E-state index in [0.29, 0.717) is 0 Å². The summed E-state index contributed by atoms with van der Waals surface area (Å²) >= 11 is 3.47. The van der Waals surface area contributed by atoms with Crippen LogP contribution >= 0.6 is 15.9 Å². The first-order valence-corrected chi connectivity index (χ1v) is 7.06. The van der Waals surface area contributed by atoms with Gasteiger partial charge in [-0.1, -0.05) is 22.9 Å². The molecule has 2 nitrogen and oxygen atoms in total. The van der Waals surface area contributed by atoms with Crippen LogP contribution in [0.5, 0.6) is 0 Å². The molecule has 0 aliphatic carbocycles. The van der Waals surface area contributed by atoms with Crippen molar-refractivity contribution in [3.05, 3.63) is 29.8 Å². The largest absolute Gasteiger partial charge is 0.375 e. The zero-order chi connectivity index (χ0) is 12.7. The Balaban J connectivity index is 2.46. The molecule has 1 rings (SSSR count). The topological polar surface area (TPSA) is 27.0 Å². The molecule has 17 heavy (non-hydrogen) atoms. The molecule has 0 aliphatic heterocycles. The van der Waals surface area contributed by atoms with Crippen molar-refractivity contribution in [1.29, 1.82) is 5.26 Å². The maximum atomic E-state index is 8.73. The zero-order valence-corrected chi connectivity index (χ0v) is 12.1. The van der Waals surface area contributed by atoms with Crippen LogP contribution in [0.2, 0.25) is 0 Å². The lowest BCUT2D eigenvalue weighted by atomic mass is 10.1. The van der Waals surface area contributed by atoms with Gasteiger partial charge in [-0.15, -0.1) is 0 Å². The van der Waals surface area contributed by atoms with Crippen molar-refractivity contribution in [1.82, 2.24) is 0 Å². The molecule has 1 atom stereocenters. The Morgan fingerprint density at radius 2 is 1.94 bits per heavy atom. The van der Waals surface area contributed by atoms with Gasteiger partial charge in [-0.25, -0.2) is 0 Å². The van der Waals surface area contributed by atoms with Gasteiger partial charge in [0.1, 0.15) is 0 Å². The van der Waals surface area contributed by atoms with Crippen LogP contribution < -0.4 is 4.90 Å². The highest BCUT2D eigenvalue weighted by molar-refractivity contribution is 9.09. The molecular formula is C14H19BrN2. The third-order valence-corrected chi connectivity index (χ3v) is 3.45. The number of nitriles is 1. The van der Waals surface area contributed by atoms with Gasteiger partial charge in [-0.3, -0.25) is 0 Å². The lowest BCUT2D eigenvalue weighted by molar-refractivity contribution is 0.523. The molecule has 0 saturated heterocycles. The van der Waals surface area contributed by atoms with Crippen LogP contribution in [0.25, 0.3) is 0 Å². The molecule has 0 aromatic heterocycles. The molecule has 0 bridgehead atoms. The van der Waals surface area contributed by atoms with Crippen LogP contribution in [-0.2, 0) is 0 Å². The van der Waals surface area contributed by atoms with Gasteiger partial charge in [0.05, 0.1) is 11.6 Å². The lowest BCUT2D eigenvalue weighted by Gasteiger charge is -2.21. The number of nitrogens with zero attached hydrogens (tertiary/aromatic N) is 2. The summed E-state index contributed by atoms with van der Waals surface area (Å²) in [6, 6.07) is 9.89. The molecule has 3 heteroatoms. The van der Waals surface area contributed by atoms with Crippen LogP contribution in [0.4, 0.5) is 5.69 Å². The summed E-state index contributed by atoms with van der Waals surface area (Å²) in [7, 11) is 2.10. The van der Waals surface area contributed by atoms with E-state index < -0.39 is 0 Å². The number of halogens is 1. The van der Waals surface area contributed by atoms with E-state index in [0.717, 1.165) is 23.4 Å². The molecule has 0 amide bonds. The van der Waals surface area contributed by atoms with Gasteiger partial charge >= 0.3 is 0 Å². The molecule has 0 radical (unpaired) electrons. The third-order valence-electron chi connectivity index (χ3n) is 3.00. The van der Waals surface area contributed by atoms with Crippen molar-refractivity contribution in [3.63, 3.8) is 0 Å². The van der Waals surface area contributed by atoms with Gasteiger partial charge < -0.3 is 4.90 Å². The molecule has 0 fully saturated rings. The molecule has 0 spiro atoms. The summed E-state index contributed by atoms with van der Waals surface area (Å²) in [5, 5.41) is 9.81. The average Bonchev–Trinajstić information content (AvgIpc) is 2.36. The fourth-order valence-electron chi connectivity index (χ4n) is 1.66. The third kappa shape index (κ3) is 4.79. The highest BCUT2D eigenvalue weighted by atomic mass is 79.9. The first-order valence-electron chi connectivity index (χ1n) is 5.94. The fourth-order valence-corrected chi connectivity index (χ4v) is 2.45. The average molecular weight is 295 g/mol. The smallest absolute Gasteiger partial charge is 0.0991 e. The molecule has 92 valence electrons. The summed E-state index contributed by atoms with van der Waals surface area (Å²) in [5.41, 5.74) is 1.89. The van der Waals surface area contributed by atoms with E-state index in [-0.39, 0.29) is 0 Å². The van der Waals surface area contributed by atoms with E-state index in [4.69, 9.17) is 5.26 Å². The van der Waals surface area contributed by atoms with Gasteiger partial charge in [0, 0.05) is 24.6 Å². The number of hydrogen-bond acceptors (Lipinski definition) is 2. The maximum absolute atomic E-state index is 8.73. The number of anilines is 1. The summed E-state index contributed by atoms with van der Waals surface area (Å²) in [5.74, 6) is 0.746. The van der Waals surface area contributed by atoms with Crippen molar-refractivity contribution >= 4 is 21.6 Å². The number of hydrogen-bond donors (Lipinski definition) is 0. The number of benzene rings is 1. The van der Waals surface area contributed by atoms with E-state index in [1.54, 1.807) is 0 Å². The Morgan fingerprint density at radius 1 is 1.29 bits per heavy atom. The first-order chi connectivity index (χ1) is 8.17. The maximum Gasteiger partial charge on any atom is 0.0991 e. The minimum atomic E-state index is 0.717. The van der Waals surface area contributed by atoms with Crippen LogP contribution in [-0.4, -0.2) is 18.9 Å². The Morgan fingerprint density at radius 3 is 2.47 bits per heavy atom. The van der Waals surface area contributed by atoms with E-state index in [2.05, 4.69) is 40.9 Å². The predicted octanol–water partition coefficient (Wildman–Crippen LogP) is 3.81. The van der Waals surface area contributed by atoms with Crippen LogP contribution in [0, 0.1) is 17.2 Å². The Kier molecular flexibility index (Phi) is 6.07. The molecule has 0 aliphatic rings. The molecule has 1 aromatic carbocycles. The van der Waals surface area contributed by atoms with Gasteiger partial charge in [0.25, 0.3) is 0 Å². The summed E-state index contributed by atoms with van der Waals surface area (Å²) in [4.78, 5) is 2.24. The van der Waals surface area contributed by atoms with Crippen molar-refractivity contribution in [2.75, 3.05) is 23.8 Å². The van der Waals surface area contributed by atoms with E-state index in [9.17, 15) is 0 Å². The summed E-state index contributed by atoms with van der Waals surface area (Å²) < 4.78 is 0. The van der Waals surface area contributed by atoms with Gasteiger partial charge in [0.2, 0.25) is 0 Å². The molecular weight excluding hydrogens is 276 g/mol. The molecule has 0 heterocycles. The molecule has 1 unspecified atom stereocenters. The van der Waals surface area contributed by atoms with E-state index >= 15 is 0 Å². The fraction of sp³-hybridized carbons (Fsp3) is 0.500. The highest BCUT2D eigenvalue weighted by Crippen LogP contribution is 2.16. The van der Waals surface area contributed by atoms with Gasteiger partial charge in [0.15, 0.2) is 0 Å². The Bertz CT molecular complexity index is 367. The van der Waals surface area contributed by atoms with Crippen LogP contribution in [0.3, 0.4) is 0 Å². The summed E-state index contributed by atoms with van der Waals surface area (Å²) in [6.45, 7) is 3.34. The lowest BCUT2D eigenvalue weighted by Crippen LogP contribution is -2.20. The summed E-state index contributed by atoms with van der Waals surface area (Å²) in [6.07, 6.45) is 2.42. The van der Waals surface area contributed by atoms with Gasteiger partial charge in [-0.2, -0.15) is 5.26 Å². The SMILES string of the molecule is CC(CCBr)CCN(C)c1ccc(C#N)cc1. The zero-order valence-electron chi connectivity index (χ0n) is 10.5. The van der Waals surface area contributed by atoms with Crippen molar-refractivity contribution in [2.24, 2.45) is 5.92 Å². The second-order valence-electron chi connectivity index (χ2n) is 4.45. The van der Waals surface area contributed by atoms with Crippen LogP contribution in [0.1, 0.15) is 25.3 Å². The standard InChI is InChI=1S/C14H19BrN2/c1-12(7-9-15)8-10-17(2)14-5-3-13(11-16)4-6-14/h3-6,12H,7-10H2,1-2H3. The number of alkyl halides is 1. The molecule has 0 N–H and O–H groups in total. The molecule has 1 aromatic rings. The first kappa shape index (κ1) is 14.1. The van der Waals surface area contributed by atoms with Crippen molar-refractivity contribution in [2.45, 2.75) is 19.8 Å². The highest BCUT2D eigenvalue weighted by Gasteiger charge is 2.05. The normalized spacial score (nSPS) is 11.9. The van der Waals surface area contributed by atoms with E-state index in [1.807, 2.05) is 24.3 Å². The second kappa shape index (κ2) is 7.34. The monoisotopic (exact) mass is 294 g/mol. The predicted molar refractivity (Wildman–Crippen MR) is 76.6 cm³/mol. The van der Waals surface area contributed by atoms with Crippen LogP contribution in [0.15, 0.2) is 24.3 Å². The van der Waals surface area contributed by atoms with Gasteiger partial charge in [-0.05, 0) is 43.0 Å². The number of rotatable bonds is 6. The minimum Gasteiger partial charge on any atom is -0.375 e. The second-order valence-corrected chi connectivity index (χ2v) is 5.24. The Hall–Kier alpha value is -1.01. The van der Waals surface area contributed by atoms with Crippen molar-refractivity contribution < 1.29 is 0 Å².